The minimum Gasteiger partial charge on any atom is -0.478 e. The van der Waals surface area contributed by atoms with Crippen LogP contribution in [0.15, 0.2) is 12.3 Å². The Hall–Kier alpha value is -1.32. The summed E-state index contributed by atoms with van der Waals surface area (Å²) in [4.78, 5) is 11.1. The summed E-state index contributed by atoms with van der Waals surface area (Å²) in [5.74, 6) is -0.743. The molecule has 1 rings (SSSR count). The standard InChI is InChI=1S/C12H18FNO2/c1-3-9(4-2)11-10(12(15)16)5-7-14(11)8-6-13/h5,7,9H,3-4,6,8H2,1-2H3,(H,15,16). The SMILES string of the molecule is CCC(CC)c1c(C(=O)O)ccn1CCF. The Balaban J connectivity index is 3.17. The lowest BCUT2D eigenvalue weighted by atomic mass is 9.96. The molecule has 0 unspecified atom stereocenters. The number of aromatic carboxylic acids is 1. The molecule has 0 aliphatic heterocycles. The van der Waals surface area contributed by atoms with Crippen molar-refractivity contribution >= 4 is 5.97 Å². The Kier molecular flexibility index (Phi) is 4.52. The number of aromatic nitrogens is 1. The first-order valence-corrected chi connectivity index (χ1v) is 5.63. The van der Waals surface area contributed by atoms with E-state index in [9.17, 15) is 9.18 Å². The van der Waals surface area contributed by atoms with Crippen molar-refractivity contribution in [1.29, 1.82) is 0 Å². The number of rotatable bonds is 6. The topological polar surface area (TPSA) is 42.2 Å². The van der Waals surface area contributed by atoms with E-state index >= 15 is 0 Å². The van der Waals surface area contributed by atoms with Crippen LogP contribution < -0.4 is 0 Å². The first kappa shape index (κ1) is 12.7. The van der Waals surface area contributed by atoms with Crippen LogP contribution in [0.3, 0.4) is 0 Å². The average molecular weight is 227 g/mol. The third-order valence-corrected chi connectivity index (χ3v) is 2.93. The number of carboxylic acids is 1. The van der Waals surface area contributed by atoms with E-state index in [-0.39, 0.29) is 12.5 Å². The summed E-state index contributed by atoms with van der Waals surface area (Å²) in [7, 11) is 0. The smallest absolute Gasteiger partial charge is 0.337 e. The molecule has 0 aromatic carbocycles. The largest absolute Gasteiger partial charge is 0.478 e. The van der Waals surface area contributed by atoms with Crippen LogP contribution in [-0.2, 0) is 6.54 Å². The van der Waals surface area contributed by atoms with Gasteiger partial charge in [-0.25, -0.2) is 9.18 Å². The van der Waals surface area contributed by atoms with Gasteiger partial charge in [-0.05, 0) is 24.8 Å². The lowest BCUT2D eigenvalue weighted by Gasteiger charge is -2.17. The van der Waals surface area contributed by atoms with Gasteiger partial charge in [0.05, 0.1) is 12.1 Å². The van der Waals surface area contributed by atoms with Crippen LogP contribution in [0.5, 0.6) is 0 Å². The zero-order valence-electron chi connectivity index (χ0n) is 9.74. The van der Waals surface area contributed by atoms with Crippen molar-refractivity contribution < 1.29 is 14.3 Å². The van der Waals surface area contributed by atoms with Crippen LogP contribution in [0.4, 0.5) is 4.39 Å². The molecule has 4 heteroatoms. The van der Waals surface area contributed by atoms with E-state index in [0.29, 0.717) is 5.56 Å². The van der Waals surface area contributed by atoms with Gasteiger partial charge in [0.1, 0.15) is 6.67 Å². The fourth-order valence-corrected chi connectivity index (χ4v) is 2.08. The van der Waals surface area contributed by atoms with Gasteiger partial charge < -0.3 is 9.67 Å². The van der Waals surface area contributed by atoms with Crippen LogP contribution in [-0.4, -0.2) is 22.3 Å². The molecule has 0 aliphatic carbocycles. The number of halogens is 1. The van der Waals surface area contributed by atoms with E-state index in [2.05, 4.69) is 0 Å². The van der Waals surface area contributed by atoms with Gasteiger partial charge in [-0.3, -0.25) is 0 Å². The summed E-state index contributed by atoms with van der Waals surface area (Å²) in [5, 5.41) is 9.08. The van der Waals surface area contributed by atoms with Crippen LogP contribution in [0.1, 0.15) is 48.7 Å². The monoisotopic (exact) mass is 227 g/mol. The Morgan fingerprint density at radius 1 is 1.50 bits per heavy atom. The fourth-order valence-electron chi connectivity index (χ4n) is 2.08. The predicted molar refractivity (Wildman–Crippen MR) is 60.7 cm³/mol. The molecule has 0 fully saturated rings. The third kappa shape index (κ3) is 2.43. The molecule has 0 atom stereocenters. The molecule has 0 bridgehead atoms. The van der Waals surface area contributed by atoms with Crippen LogP contribution in [0.2, 0.25) is 0 Å². The van der Waals surface area contributed by atoms with Crippen molar-refractivity contribution in [3.63, 3.8) is 0 Å². The molecule has 0 spiro atoms. The van der Waals surface area contributed by atoms with Gasteiger partial charge in [0.15, 0.2) is 0 Å². The summed E-state index contributed by atoms with van der Waals surface area (Å²) in [6.45, 7) is 3.80. The second-order valence-electron chi connectivity index (χ2n) is 3.82. The van der Waals surface area contributed by atoms with E-state index in [1.54, 1.807) is 16.8 Å². The maximum absolute atomic E-state index is 12.4. The van der Waals surface area contributed by atoms with Crippen molar-refractivity contribution in [2.45, 2.75) is 39.2 Å². The highest BCUT2D eigenvalue weighted by atomic mass is 19.1. The van der Waals surface area contributed by atoms with Gasteiger partial charge in [0.25, 0.3) is 0 Å². The van der Waals surface area contributed by atoms with Gasteiger partial charge in [-0.2, -0.15) is 0 Å². The highest BCUT2D eigenvalue weighted by Gasteiger charge is 2.20. The molecule has 1 heterocycles. The number of aryl methyl sites for hydroxylation is 1. The number of hydrogen-bond donors (Lipinski definition) is 1. The number of hydrogen-bond acceptors (Lipinski definition) is 1. The van der Waals surface area contributed by atoms with Crippen molar-refractivity contribution in [3.8, 4) is 0 Å². The summed E-state index contributed by atoms with van der Waals surface area (Å²) in [6, 6.07) is 1.56. The quantitative estimate of drug-likeness (QED) is 0.811. The van der Waals surface area contributed by atoms with E-state index in [1.165, 1.54) is 0 Å². The van der Waals surface area contributed by atoms with Gasteiger partial charge in [-0.15, -0.1) is 0 Å². The fraction of sp³-hybridized carbons (Fsp3) is 0.583. The minimum absolute atomic E-state index is 0.188. The van der Waals surface area contributed by atoms with E-state index < -0.39 is 12.6 Å². The lowest BCUT2D eigenvalue weighted by molar-refractivity contribution is 0.0694. The Morgan fingerprint density at radius 2 is 2.12 bits per heavy atom. The van der Waals surface area contributed by atoms with Gasteiger partial charge in [-0.1, -0.05) is 13.8 Å². The zero-order chi connectivity index (χ0) is 12.1. The van der Waals surface area contributed by atoms with Gasteiger partial charge in [0.2, 0.25) is 0 Å². The predicted octanol–water partition coefficient (Wildman–Crippen LogP) is 3.06. The average Bonchev–Trinajstić information content (AvgIpc) is 2.65. The van der Waals surface area contributed by atoms with E-state index in [1.807, 2.05) is 13.8 Å². The van der Waals surface area contributed by atoms with Crippen molar-refractivity contribution in [3.05, 3.63) is 23.5 Å². The molecular formula is C12H18FNO2. The third-order valence-electron chi connectivity index (χ3n) is 2.93. The maximum atomic E-state index is 12.4. The van der Waals surface area contributed by atoms with Crippen molar-refractivity contribution in [1.82, 2.24) is 4.57 Å². The first-order chi connectivity index (χ1) is 7.65. The van der Waals surface area contributed by atoms with Gasteiger partial charge in [0, 0.05) is 11.9 Å². The lowest BCUT2D eigenvalue weighted by Crippen LogP contribution is -2.12. The second kappa shape index (κ2) is 5.68. The Labute approximate surface area is 94.9 Å². The molecule has 0 saturated carbocycles. The summed E-state index contributed by atoms with van der Waals surface area (Å²) >= 11 is 0. The van der Waals surface area contributed by atoms with Crippen LogP contribution in [0, 0.1) is 0 Å². The molecule has 1 aromatic rings. The molecule has 0 saturated heterocycles. The molecule has 90 valence electrons. The molecular weight excluding hydrogens is 209 g/mol. The van der Waals surface area contributed by atoms with Crippen molar-refractivity contribution in [2.24, 2.45) is 0 Å². The number of nitrogens with zero attached hydrogens (tertiary/aromatic N) is 1. The number of carbonyl (C=O) groups is 1. The minimum atomic E-state index is -0.931. The van der Waals surface area contributed by atoms with E-state index in [4.69, 9.17) is 5.11 Å². The van der Waals surface area contributed by atoms with Crippen LogP contribution >= 0.6 is 0 Å². The zero-order valence-corrected chi connectivity index (χ0v) is 9.74. The second-order valence-corrected chi connectivity index (χ2v) is 3.82. The Morgan fingerprint density at radius 3 is 2.56 bits per heavy atom. The molecule has 3 nitrogen and oxygen atoms in total. The summed E-state index contributed by atoms with van der Waals surface area (Å²) in [5.41, 5.74) is 1.07. The molecule has 0 aliphatic rings. The maximum Gasteiger partial charge on any atom is 0.337 e. The molecule has 0 radical (unpaired) electrons. The molecule has 0 amide bonds. The summed E-state index contributed by atoms with van der Waals surface area (Å²) < 4.78 is 14.1. The molecule has 16 heavy (non-hydrogen) atoms. The van der Waals surface area contributed by atoms with Gasteiger partial charge >= 0.3 is 5.97 Å². The van der Waals surface area contributed by atoms with Crippen molar-refractivity contribution in [2.75, 3.05) is 6.67 Å². The summed E-state index contributed by atoms with van der Waals surface area (Å²) in [6.07, 6.45) is 3.40. The van der Waals surface area contributed by atoms with Crippen LogP contribution in [0.25, 0.3) is 0 Å². The molecule has 1 N–H and O–H groups in total. The highest BCUT2D eigenvalue weighted by Crippen LogP contribution is 2.27. The first-order valence-electron chi connectivity index (χ1n) is 5.63. The number of carboxylic acid groups (broad SMARTS) is 1. The number of alkyl halides is 1. The van der Waals surface area contributed by atoms with E-state index in [0.717, 1.165) is 18.5 Å². The normalized spacial score (nSPS) is 11.0. The highest BCUT2D eigenvalue weighted by molar-refractivity contribution is 5.89. The Bertz CT molecular complexity index is 356. The molecule has 1 aromatic heterocycles.